The van der Waals surface area contributed by atoms with Gasteiger partial charge in [-0.05, 0) is 25.5 Å². The van der Waals surface area contributed by atoms with Crippen molar-refractivity contribution in [2.75, 3.05) is 37.7 Å². The lowest BCUT2D eigenvalue weighted by Crippen LogP contribution is -2.45. The molecule has 25 heavy (non-hydrogen) atoms. The van der Waals surface area contributed by atoms with E-state index in [2.05, 4.69) is 15.6 Å². The minimum Gasteiger partial charge on any atom is -0.396 e. The maximum atomic E-state index is 13.9. The first-order valence-electron chi connectivity index (χ1n) is 8.71. The molecule has 1 unspecified atom stereocenters. The van der Waals surface area contributed by atoms with Gasteiger partial charge in [-0.1, -0.05) is 19.9 Å². The highest BCUT2D eigenvalue weighted by Gasteiger charge is 2.27. The standard InChI is InChI=1S/C18H28F2N4O/c1-4-21-17(22-11-18(2,3)12-25)23-13-8-9-24(10-13)16-14(19)6-5-7-15(16)20/h5-7,13,25H,4,8-12H2,1-3H3,(H2,21,22,23). The molecule has 0 saturated carbocycles. The zero-order valence-corrected chi connectivity index (χ0v) is 15.1. The van der Waals surface area contributed by atoms with E-state index in [0.717, 1.165) is 6.42 Å². The fraction of sp³-hybridized carbons (Fsp3) is 0.611. The number of halogens is 2. The molecule has 1 saturated heterocycles. The number of para-hydroxylation sites is 1. The van der Waals surface area contributed by atoms with Crippen molar-refractivity contribution in [2.24, 2.45) is 10.4 Å². The van der Waals surface area contributed by atoms with Crippen LogP contribution in [0.1, 0.15) is 27.2 Å². The van der Waals surface area contributed by atoms with Crippen LogP contribution in [0.2, 0.25) is 0 Å². The molecule has 1 heterocycles. The fourth-order valence-electron chi connectivity index (χ4n) is 2.73. The number of hydrogen-bond donors (Lipinski definition) is 3. The van der Waals surface area contributed by atoms with E-state index in [9.17, 15) is 13.9 Å². The molecule has 1 aliphatic rings. The van der Waals surface area contributed by atoms with E-state index in [1.54, 1.807) is 4.90 Å². The molecule has 140 valence electrons. The fourth-order valence-corrected chi connectivity index (χ4v) is 2.73. The smallest absolute Gasteiger partial charge is 0.191 e. The third kappa shape index (κ3) is 5.29. The topological polar surface area (TPSA) is 59.9 Å². The van der Waals surface area contributed by atoms with Crippen molar-refractivity contribution in [1.29, 1.82) is 0 Å². The number of nitrogens with one attached hydrogen (secondary N) is 2. The summed E-state index contributed by atoms with van der Waals surface area (Å²) < 4.78 is 27.9. The van der Waals surface area contributed by atoms with Crippen LogP contribution in [0, 0.1) is 17.0 Å². The maximum absolute atomic E-state index is 13.9. The summed E-state index contributed by atoms with van der Waals surface area (Å²) in [6.45, 7) is 8.20. The number of aliphatic imine (C=N–C) groups is 1. The molecular formula is C18H28F2N4O. The summed E-state index contributed by atoms with van der Waals surface area (Å²) in [5, 5.41) is 15.8. The number of hydrogen-bond acceptors (Lipinski definition) is 3. The van der Waals surface area contributed by atoms with Crippen LogP contribution >= 0.6 is 0 Å². The predicted molar refractivity (Wildman–Crippen MR) is 97.0 cm³/mol. The molecule has 0 bridgehead atoms. The van der Waals surface area contributed by atoms with Crippen molar-refractivity contribution in [1.82, 2.24) is 10.6 Å². The summed E-state index contributed by atoms with van der Waals surface area (Å²) in [6, 6.07) is 3.98. The van der Waals surface area contributed by atoms with Gasteiger partial charge in [0.15, 0.2) is 5.96 Å². The molecule has 1 aromatic rings. The SMILES string of the molecule is CCNC(=NCC(C)(C)CO)NC1CCN(c2c(F)cccc2F)C1. The number of guanidine groups is 1. The second kappa shape index (κ2) is 8.47. The van der Waals surface area contributed by atoms with Gasteiger partial charge < -0.3 is 20.6 Å². The van der Waals surface area contributed by atoms with Gasteiger partial charge in [0.1, 0.15) is 17.3 Å². The Bertz CT molecular complexity index is 586. The van der Waals surface area contributed by atoms with E-state index < -0.39 is 11.6 Å². The van der Waals surface area contributed by atoms with Gasteiger partial charge in [0.05, 0.1) is 6.54 Å². The highest BCUT2D eigenvalue weighted by atomic mass is 19.1. The molecule has 0 amide bonds. The summed E-state index contributed by atoms with van der Waals surface area (Å²) >= 11 is 0. The van der Waals surface area contributed by atoms with Gasteiger partial charge in [0.25, 0.3) is 0 Å². The second-order valence-corrected chi connectivity index (χ2v) is 7.16. The van der Waals surface area contributed by atoms with Crippen LogP contribution in [0.5, 0.6) is 0 Å². The van der Waals surface area contributed by atoms with E-state index in [4.69, 9.17) is 0 Å². The quantitative estimate of drug-likeness (QED) is 0.541. The zero-order chi connectivity index (χ0) is 18.4. The van der Waals surface area contributed by atoms with Gasteiger partial charge in [-0.2, -0.15) is 0 Å². The summed E-state index contributed by atoms with van der Waals surface area (Å²) in [5.74, 6) is -0.415. The number of anilines is 1. The van der Waals surface area contributed by atoms with Gasteiger partial charge in [0, 0.05) is 37.7 Å². The van der Waals surface area contributed by atoms with Crippen molar-refractivity contribution < 1.29 is 13.9 Å². The van der Waals surface area contributed by atoms with Crippen LogP contribution in [-0.2, 0) is 0 Å². The number of rotatable bonds is 6. The van der Waals surface area contributed by atoms with Gasteiger partial charge in [-0.25, -0.2) is 8.78 Å². The molecule has 0 aliphatic carbocycles. The number of aliphatic hydroxyl groups excluding tert-OH is 1. The summed E-state index contributed by atoms with van der Waals surface area (Å²) in [5.41, 5.74) is -0.254. The molecule has 0 radical (unpaired) electrons. The van der Waals surface area contributed by atoms with Crippen LogP contribution in [0.3, 0.4) is 0 Å². The lowest BCUT2D eigenvalue weighted by Gasteiger charge is -2.23. The first kappa shape index (κ1) is 19.4. The molecule has 7 heteroatoms. The van der Waals surface area contributed by atoms with Crippen LogP contribution in [-0.4, -0.2) is 49.9 Å². The molecule has 1 aliphatic heterocycles. The Morgan fingerprint density at radius 2 is 2.04 bits per heavy atom. The Morgan fingerprint density at radius 3 is 2.64 bits per heavy atom. The van der Waals surface area contributed by atoms with Crippen LogP contribution in [0.25, 0.3) is 0 Å². The number of benzene rings is 1. The molecule has 1 aromatic carbocycles. The van der Waals surface area contributed by atoms with Gasteiger partial charge in [-0.15, -0.1) is 0 Å². The van der Waals surface area contributed by atoms with Gasteiger partial charge >= 0.3 is 0 Å². The Balaban J connectivity index is 2.01. The Morgan fingerprint density at radius 1 is 1.36 bits per heavy atom. The molecule has 0 spiro atoms. The van der Waals surface area contributed by atoms with E-state index in [-0.39, 0.29) is 23.8 Å². The van der Waals surface area contributed by atoms with E-state index >= 15 is 0 Å². The molecular weight excluding hydrogens is 326 g/mol. The average Bonchev–Trinajstić information content (AvgIpc) is 3.01. The maximum Gasteiger partial charge on any atom is 0.191 e. The van der Waals surface area contributed by atoms with Gasteiger partial charge in [-0.3, -0.25) is 4.99 Å². The summed E-state index contributed by atoms with van der Waals surface area (Å²) in [4.78, 5) is 6.25. The first-order chi connectivity index (χ1) is 11.9. The highest BCUT2D eigenvalue weighted by Crippen LogP contribution is 2.26. The van der Waals surface area contributed by atoms with Crippen molar-refractivity contribution >= 4 is 11.6 Å². The second-order valence-electron chi connectivity index (χ2n) is 7.16. The molecule has 2 rings (SSSR count). The number of nitrogens with zero attached hydrogens (tertiary/aromatic N) is 2. The van der Waals surface area contributed by atoms with Crippen LogP contribution in [0.4, 0.5) is 14.5 Å². The van der Waals surface area contributed by atoms with Crippen LogP contribution in [0.15, 0.2) is 23.2 Å². The first-order valence-corrected chi connectivity index (χ1v) is 8.71. The molecule has 1 atom stereocenters. The monoisotopic (exact) mass is 354 g/mol. The highest BCUT2D eigenvalue weighted by molar-refractivity contribution is 5.80. The lowest BCUT2D eigenvalue weighted by molar-refractivity contribution is 0.167. The Kier molecular flexibility index (Phi) is 6.58. The lowest BCUT2D eigenvalue weighted by atomic mass is 9.95. The van der Waals surface area contributed by atoms with Crippen molar-refractivity contribution in [3.63, 3.8) is 0 Å². The summed E-state index contributed by atoms with van der Waals surface area (Å²) in [7, 11) is 0. The minimum atomic E-state index is -0.536. The average molecular weight is 354 g/mol. The van der Waals surface area contributed by atoms with Crippen LogP contribution < -0.4 is 15.5 Å². The molecule has 3 N–H and O–H groups in total. The van der Waals surface area contributed by atoms with E-state index in [1.165, 1.54) is 18.2 Å². The van der Waals surface area contributed by atoms with E-state index in [0.29, 0.717) is 32.1 Å². The third-order valence-electron chi connectivity index (χ3n) is 4.22. The predicted octanol–water partition coefficient (Wildman–Crippen LogP) is 2.12. The molecule has 5 nitrogen and oxygen atoms in total. The normalized spacial score (nSPS) is 18.6. The van der Waals surface area contributed by atoms with Crippen molar-refractivity contribution in [3.05, 3.63) is 29.8 Å². The van der Waals surface area contributed by atoms with Crippen molar-refractivity contribution in [3.8, 4) is 0 Å². The van der Waals surface area contributed by atoms with Gasteiger partial charge in [0.2, 0.25) is 0 Å². The zero-order valence-electron chi connectivity index (χ0n) is 15.1. The molecule has 0 aromatic heterocycles. The van der Waals surface area contributed by atoms with Crippen molar-refractivity contribution in [2.45, 2.75) is 33.2 Å². The molecule has 1 fully saturated rings. The Hall–Kier alpha value is -1.89. The van der Waals surface area contributed by atoms with E-state index in [1.807, 2.05) is 20.8 Å². The number of aliphatic hydroxyl groups is 1. The minimum absolute atomic E-state index is 0.0372. The largest absolute Gasteiger partial charge is 0.396 e. The Labute approximate surface area is 148 Å². The summed E-state index contributed by atoms with van der Waals surface area (Å²) in [6.07, 6.45) is 0.765. The third-order valence-corrected chi connectivity index (χ3v) is 4.22.